The minimum Gasteiger partial charge on any atom is -0.301 e. The summed E-state index contributed by atoms with van der Waals surface area (Å²) < 4.78 is 15.4. The Labute approximate surface area is 209 Å². The molecule has 5 rings (SSSR count). The Morgan fingerprint density at radius 2 is 1.66 bits per heavy atom. The SMILES string of the molecule is O=C(CSc1nnc(-c2ccccc2)n1-c1ccc(F)cc1)Nc1ncc(Cc2ccccc2)s1. The second-order valence-electron chi connectivity index (χ2n) is 7.61. The lowest BCUT2D eigenvalue weighted by molar-refractivity contribution is -0.113. The predicted octanol–water partition coefficient (Wildman–Crippen LogP) is 5.85. The summed E-state index contributed by atoms with van der Waals surface area (Å²) in [6, 6.07) is 25.9. The van der Waals surface area contributed by atoms with Gasteiger partial charge in [-0.2, -0.15) is 0 Å². The Hall–Kier alpha value is -3.82. The highest BCUT2D eigenvalue weighted by Gasteiger charge is 2.18. The lowest BCUT2D eigenvalue weighted by Crippen LogP contribution is -2.14. The zero-order valence-corrected chi connectivity index (χ0v) is 20.1. The van der Waals surface area contributed by atoms with E-state index in [1.165, 1.54) is 40.8 Å². The van der Waals surface area contributed by atoms with Gasteiger partial charge in [-0.05, 0) is 29.8 Å². The summed E-state index contributed by atoms with van der Waals surface area (Å²) >= 11 is 2.72. The number of nitrogens with one attached hydrogen (secondary N) is 1. The van der Waals surface area contributed by atoms with Crippen molar-refractivity contribution < 1.29 is 9.18 Å². The van der Waals surface area contributed by atoms with Crippen LogP contribution in [0.25, 0.3) is 17.1 Å². The third-order valence-corrected chi connectivity index (χ3v) is 6.95. The molecule has 0 atom stereocenters. The number of anilines is 1. The summed E-state index contributed by atoms with van der Waals surface area (Å²) in [6.07, 6.45) is 2.56. The van der Waals surface area contributed by atoms with Crippen LogP contribution < -0.4 is 5.32 Å². The number of halogens is 1. The monoisotopic (exact) mass is 501 g/mol. The van der Waals surface area contributed by atoms with Gasteiger partial charge in [0.1, 0.15) is 5.82 Å². The largest absolute Gasteiger partial charge is 0.301 e. The summed E-state index contributed by atoms with van der Waals surface area (Å²) in [5.74, 6) is 0.227. The second-order valence-corrected chi connectivity index (χ2v) is 9.67. The molecule has 174 valence electrons. The van der Waals surface area contributed by atoms with Crippen molar-refractivity contribution >= 4 is 34.1 Å². The molecule has 0 spiro atoms. The van der Waals surface area contributed by atoms with Gasteiger partial charge in [-0.15, -0.1) is 21.5 Å². The lowest BCUT2D eigenvalue weighted by Gasteiger charge is -2.10. The van der Waals surface area contributed by atoms with E-state index in [4.69, 9.17) is 0 Å². The first-order chi connectivity index (χ1) is 17.2. The molecule has 2 aromatic heterocycles. The number of amides is 1. The first-order valence-electron chi connectivity index (χ1n) is 10.8. The van der Waals surface area contributed by atoms with E-state index in [0.29, 0.717) is 21.8 Å². The molecule has 0 saturated heterocycles. The smallest absolute Gasteiger partial charge is 0.236 e. The number of aromatic nitrogens is 4. The highest BCUT2D eigenvalue weighted by Crippen LogP contribution is 2.28. The summed E-state index contributed by atoms with van der Waals surface area (Å²) in [6.45, 7) is 0. The number of thiazole rings is 1. The van der Waals surface area contributed by atoms with E-state index in [2.05, 4.69) is 32.6 Å². The summed E-state index contributed by atoms with van der Waals surface area (Å²) in [5, 5.41) is 12.6. The molecule has 2 heterocycles. The van der Waals surface area contributed by atoms with Gasteiger partial charge in [0.15, 0.2) is 16.1 Å². The molecule has 1 amide bonds. The third-order valence-electron chi connectivity index (χ3n) is 5.10. The molecule has 1 N–H and O–H groups in total. The van der Waals surface area contributed by atoms with Crippen molar-refractivity contribution in [2.75, 3.05) is 11.1 Å². The van der Waals surface area contributed by atoms with Gasteiger partial charge in [0, 0.05) is 28.7 Å². The highest BCUT2D eigenvalue weighted by molar-refractivity contribution is 7.99. The average molecular weight is 502 g/mol. The van der Waals surface area contributed by atoms with E-state index >= 15 is 0 Å². The van der Waals surface area contributed by atoms with E-state index < -0.39 is 0 Å². The van der Waals surface area contributed by atoms with Crippen LogP contribution in [0.3, 0.4) is 0 Å². The van der Waals surface area contributed by atoms with Crippen LogP contribution >= 0.6 is 23.1 Å². The van der Waals surface area contributed by atoms with E-state index in [0.717, 1.165) is 16.9 Å². The molecule has 9 heteroatoms. The topological polar surface area (TPSA) is 72.7 Å². The molecule has 35 heavy (non-hydrogen) atoms. The number of thioether (sulfide) groups is 1. The van der Waals surface area contributed by atoms with E-state index in [1.807, 2.05) is 53.1 Å². The van der Waals surface area contributed by atoms with Crippen LogP contribution in [0, 0.1) is 5.82 Å². The molecule has 6 nitrogen and oxygen atoms in total. The van der Waals surface area contributed by atoms with Gasteiger partial charge in [-0.3, -0.25) is 9.36 Å². The van der Waals surface area contributed by atoms with E-state index in [-0.39, 0.29) is 17.5 Å². The van der Waals surface area contributed by atoms with Crippen molar-refractivity contribution in [2.45, 2.75) is 11.6 Å². The summed E-state index contributed by atoms with van der Waals surface area (Å²) in [7, 11) is 0. The molecule has 0 unspecified atom stereocenters. The predicted molar refractivity (Wildman–Crippen MR) is 137 cm³/mol. The van der Waals surface area contributed by atoms with Crippen LogP contribution in [0.2, 0.25) is 0 Å². The normalized spacial score (nSPS) is 10.9. The molecule has 0 aliphatic carbocycles. The van der Waals surface area contributed by atoms with Gasteiger partial charge < -0.3 is 5.32 Å². The van der Waals surface area contributed by atoms with Crippen molar-refractivity contribution in [3.05, 3.63) is 107 Å². The average Bonchev–Trinajstić information content (AvgIpc) is 3.51. The van der Waals surface area contributed by atoms with Crippen molar-refractivity contribution in [1.82, 2.24) is 19.7 Å². The Morgan fingerprint density at radius 3 is 2.40 bits per heavy atom. The number of hydrogen-bond donors (Lipinski definition) is 1. The van der Waals surface area contributed by atoms with Crippen LogP contribution in [-0.4, -0.2) is 31.4 Å². The number of carbonyl (C=O) groups excluding carboxylic acids is 1. The third kappa shape index (κ3) is 5.64. The Bertz CT molecular complexity index is 1420. The fourth-order valence-corrected chi connectivity index (χ4v) is 5.10. The molecular weight excluding hydrogens is 481 g/mol. The Kier molecular flexibility index (Phi) is 6.97. The number of hydrogen-bond acceptors (Lipinski definition) is 6. The maximum atomic E-state index is 13.5. The number of benzene rings is 3. The molecule has 0 bridgehead atoms. The lowest BCUT2D eigenvalue weighted by atomic mass is 10.1. The van der Waals surface area contributed by atoms with Crippen molar-refractivity contribution in [3.8, 4) is 17.1 Å². The van der Waals surface area contributed by atoms with Crippen LogP contribution in [0.1, 0.15) is 10.4 Å². The van der Waals surface area contributed by atoms with Gasteiger partial charge in [-0.25, -0.2) is 9.37 Å². The van der Waals surface area contributed by atoms with Gasteiger partial charge in [0.2, 0.25) is 5.91 Å². The molecule has 5 aromatic rings. The van der Waals surface area contributed by atoms with Crippen molar-refractivity contribution in [3.63, 3.8) is 0 Å². The van der Waals surface area contributed by atoms with Crippen LogP contribution in [0.4, 0.5) is 9.52 Å². The van der Waals surface area contributed by atoms with Gasteiger partial charge in [0.25, 0.3) is 0 Å². The maximum Gasteiger partial charge on any atom is 0.236 e. The molecule has 0 aliphatic heterocycles. The summed E-state index contributed by atoms with van der Waals surface area (Å²) in [5.41, 5.74) is 2.77. The van der Waals surface area contributed by atoms with Crippen molar-refractivity contribution in [1.29, 1.82) is 0 Å². The standard InChI is InChI=1S/C26H20FN5OS2/c27-20-11-13-21(14-12-20)32-24(19-9-5-2-6-10-19)30-31-26(32)34-17-23(33)29-25-28-16-22(35-25)15-18-7-3-1-4-8-18/h1-14,16H,15,17H2,(H,28,29,33). The zero-order chi connectivity index (χ0) is 24.0. The summed E-state index contributed by atoms with van der Waals surface area (Å²) in [4.78, 5) is 18.1. The van der Waals surface area contributed by atoms with Gasteiger partial charge >= 0.3 is 0 Å². The Balaban J connectivity index is 1.29. The molecule has 0 saturated carbocycles. The molecule has 0 radical (unpaired) electrons. The first-order valence-corrected chi connectivity index (χ1v) is 12.6. The highest BCUT2D eigenvalue weighted by atomic mass is 32.2. The number of nitrogens with zero attached hydrogens (tertiary/aromatic N) is 4. The van der Waals surface area contributed by atoms with Gasteiger partial charge in [-0.1, -0.05) is 72.4 Å². The molecule has 0 fully saturated rings. The van der Waals surface area contributed by atoms with Crippen LogP contribution in [0.5, 0.6) is 0 Å². The van der Waals surface area contributed by atoms with E-state index in [1.54, 1.807) is 18.3 Å². The zero-order valence-electron chi connectivity index (χ0n) is 18.5. The van der Waals surface area contributed by atoms with Crippen molar-refractivity contribution in [2.24, 2.45) is 0 Å². The molecule has 3 aromatic carbocycles. The minimum atomic E-state index is -0.327. The van der Waals surface area contributed by atoms with Crippen LogP contribution in [-0.2, 0) is 11.2 Å². The molecular formula is C26H20FN5OS2. The number of carbonyl (C=O) groups is 1. The fraction of sp³-hybridized carbons (Fsp3) is 0.0769. The maximum absolute atomic E-state index is 13.5. The van der Waals surface area contributed by atoms with Gasteiger partial charge in [0.05, 0.1) is 5.75 Å². The number of rotatable bonds is 8. The van der Waals surface area contributed by atoms with Crippen LogP contribution in [0.15, 0.2) is 96.3 Å². The Morgan fingerprint density at radius 1 is 0.943 bits per heavy atom. The fourth-order valence-electron chi connectivity index (χ4n) is 3.49. The molecule has 0 aliphatic rings. The quantitative estimate of drug-likeness (QED) is 0.270. The van der Waals surface area contributed by atoms with E-state index in [9.17, 15) is 9.18 Å². The second kappa shape index (κ2) is 10.6. The minimum absolute atomic E-state index is 0.127. The first kappa shape index (κ1) is 22.9.